The molecule has 0 aromatic heterocycles. The van der Waals surface area contributed by atoms with Crippen molar-refractivity contribution >= 4 is 17.5 Å². The van der Waals surface area contributed by atoms with Gasteiger partial charge < -0.3 is 25.0 Å². The van der Waals surface area contributed by atoms with Crippen molar-refractivity contribution in [1.29, 1.82) is 0 Å². The summed E-state index contributed by atoms with van der Waals surface area (Å²) < 4.78 is 11.0. The molecule has 0 unspecified atom stereocenters. The average molecular weight is 383 g/mol. The van der Waals surface area contributed by atoms with Crippen molar-refractivity contribution in [2.45, 2.75) is 6.42 Å². The summed E-state index contributed by atoms with van der Waals surface area (Å²) in [5.41, 5.74) is 7.04. The first-order valence-corrected chi connectivity index (χ1v) is 9.22. The molecule has 2 amide bonds. The molecule has 2 aromatic rings. The van der Waals surface area contributed by atoms with Crippen molar-refractivity contribution in [2.24, 2.45) is 5.73 Å². The van der Waals surface area contributed by atoms with E-state index in [2.05, 4.69) is 4.90 Å². The number of ether oxygens (including phenoxy) is 2. The van der Waals surface area contributed by atoms with Crippen molar-refractivity contribution in [3.8, 4) is 11.5 Å². The Kier molecular flexibility index (Phi) is 6.37. The molecule has 7 nitrogen and oxygen atoms in total. The van der Waals surface area contributed by atoms with Gasteiger partial charge in [0.25, 0.3) is 5.91 Å². The van der Waals surface area contributed by atoms with Gasteiger partial charge in [-0.25, -0.2) is 0 Å². The molecule has 1 heterocycles. The van der Waals surface area contributed by atoms with Crippen LogP contribution in [0.2, 0.25) is 0 Å². The lowest BCUT2D eigenvalue weighted by Crippen LogP contribution is -2.50. The van der Waals surface area contributed by atoms with Crippen LogP contribution in [0.4, 0.5) is 5.69 Å². The van der Waals surface area contributed by atoms with E-state index in [1.807, 2.05) is 29.2 Å². The zero-order valence-corrected chi connectivity index (χ0v) is 16.0. The molecule has 1 fully saturated rings. The van der Waals surface area contributed by atoms with Crippen molar-refractivity contribution in [1.82, 2.24) is 4.90 Å². The highest BCUT2D eigenvalue weighted by atomic mass is 16.5. The molecule has 0 atom stereocenters. The van der Waals surface area contributed by atoms with Crippen LogP contribution in [0, 0.1) is 0 Å². The van der Waals surface area contributed by atoms with E-state index in [-0.39, 0.29) is 24.8 Å². The van der Waals surface area contributed by atoms with E-state index in [4.69, 9.17) is 15.2 Å². The number of carbonyl (C=O) groups excluding carboxylic acids is 2. The normalized spacial score (nSPS) is 13.9. The topological polar surface area (TPSA) is 85.1 Å². The second-order valence-electron chi connectivity index (χ2n) is 6.62. The first-order chi connectivity index (χ1) is 13.6. The number of rotatable bonds is 7. The van der Waals surface area contributed by atoms with E-state index in [0.717, 1.165) is 30.1 Å². The Bertz CT molecular complexity index is 815. The summed E-state index contributed by atoms with van der Waals surface area (Å²) in [6.07, 6.45) is 0.190. The van der Waals surface area contributed by atoms with Gasteiger partial charge in [0, 0.05) is 26.2 Å². The van der Waals surface area contributed by atoms with Gasteiger partial charge >= 0.3 is 0 Å². The minimum Gasteiger partial charge on any atom is -0.495 e. The summed E-state index contributed by atoms with van der Waals surface area (Å²) in [4.78, 5) is 27.4. The number of primary amides is 1. The van der Waals surface area contributed by atoms with Gasteiger partial charge in [0.15, 0.2) is 6.61 Å². The van der Waals surface area contributed by atoms with Gasteiger partial charge in [0.1, 0.15) is 11.5 Å². The number of nitrogens with zero attached hydrogens (tertiary/aromatic N) is 2. The molecule has 148 valence electrons. The zero-order chi connectivity index (χ0) is 19.9. The lowest BCUT2D eigenvalue weighted by atomic mass is 10.1. The molecule has 1 aliphatic heterocycles. The fraction of sp³-hybridized carbons (Fsp3) is 0.333. The van der Waals surface area contributed by atoms with Crippen molar-refractivity contribution in [2.75, 3.05) is 44.8 Å². The maximum absolute atomic E-state index is 12.4. The smallest absolute Gasteiger partial charge is 0.260 e. The first kappa shape index (κ1) is 19.5. The van der Waals surface area contributed by atoms with Crippen LogP contribution in [-0.2, 0) is 16.0 Å². The van der Waals surface area contributed by atoms with Gasteiger partial charge in [-0.05, 0) is 29.8 Å². The molecule has 0 spiro atoms. The molecule has 3 rings (SSSR count). The third-order valence-electron chi connectivity index (χ3n) is 4.72. The number of anilines is 1. The van der Waals surface area contributed by atoms with E-state index in [1.165, 1.54) is 0 Å². The molecule has 1 saturated heterocycles. The Hall–Kier alpha value is -3.22. The highest BCUT2D eigenvalue weighted by molar-refractivity contribution is 5.78. The lowest BCUT2D eigenvalue weighted by Gasteiger charge is -2.36. The standard InChI is InChI=1S/C21H25N3O4/c1-27-19-5-3-2-4-18(19)23-10-12-24(13-11-23)21(26)15-28-17-8-6-16(7-9-17)14-20(22)25/h2-9H,10-15H2,1H3,(H2,22,25). The molecule has 28 heavy (non-hydrogen) atoms. The zero-order valence-electron chi connectivity index (χ0n) is 16.0. The summed E-state index contributed by atoms with van der Waals surface area (Å²) in [7, 11) is 1.66. The number of hydrogen-bond donors (Lipinski definition) is 1. The minimum atomic E-state index is -0.379. The Morgan fingerprint density at radius 3 is 2.32 bits per heavy atom. The predicted molar refractivity (Wildman–Crippen MR) is 107 cm³/mol. The number of carbonyl (C=O) groups is 2. The summed E-state index contributed by atoms with van der Waals surface area (Å²) in [5, 5.41) is 0. The van der Waals surface area contributed by atoms with E-state index < -0.39 is 0 Å². The van der Waals surface area contributed by atoms with Gasteiger partial charge in [-0.2, -0.15) is 0 Å². The van der Waals surface area contributed by atoms with E-state index in [1.54, 1.807) is 31.4 Å². The molecule has 2 aromatic carbocycles. The summed E-state index contributed by atoms with van der Waals surface area (Å²) >= 11 is 0. The molecule has 0 aliphatic carbocycles. The highest BCUT2D eigenvalue weighted by Crippen LogP contribution is 2.28. The summed E-state index contributed by atoms with van der Waals surface area (Å²) in [6, 6.07) is 14.9. The fourth-order valence-electron chi connectivity index (χ4n) is 3.23. The molecular formula is C21H25N3O4. The van der Waals surface area contributed by atoms with Gasteiger partial charge in [0.2, 0.25) is 5.91 Å². The molecular weight excluding hydrogens is 358 g/mol. The number of benzene rings is 2. The van der Waals surface area contributed by atoms with Gasteiger partial charge in [-0.1, -0.05) is 24.3 Å². The highest BCUT2D eigenvalue weighted by Gasteiger charge is 2.23. The van der Waals surface area contributed by atoms with Crippen molar-refractivity contribution in [3.63, 3.8) is 0 Å². The maximum atomic E-state index is 12.4. The Morgan fingerprint density at radius 2 is 1.68 bits per heavy atom. The molecule has 0 saturated carbocycles. The molecule has 7 heteroatoms. The second-order valence-corrected chi connectivity index (χ2v) is 6.62. The van der Waals surface area contributed by atoms with E-state index in [0.29, 0.717) is 18.8 Å². The maximum Gasteiger partial charge on any atom is 0.260 e. The second kappa shape index (κ2) is 9.12. The number of para-hydroxylation sites is 2. The van der Waals surface area contributed by atoms with Crippen molar-refractivity contribution < 1.29 is 19.1 Å². The minimum absolute atomic E-state index is 0.0101. The summed E-state index contributed by atoms with van der Waals surface area (Å²) in [6.45, 7) is 2.75. The van der Waals surface area contributed by atoms with Crippen LogP contribution in [0.15, 0.2) is 48.5 Å². The van der Waals surface area contributed by atoms with E-state index in [9.17, 15) is 9.59 Å². The van der Waals surface area contributed by atoms with Crippen LogP contribution in [0.1, 0.15) is 5.56 Å². The largest absolute Gasteiger partial charge is 0.495 e. The molecule has 0 radical (unpaired) electrons. The van der Waals surface area contributed by atoms with E-state index >= 15 is 0 Å². The van der Waals surface area contributed by atoms with Crippen molar-refractivity contribution in [3.05, 3.63) is 54.1 Å². The van der Waals surface area contributed by atoms with Gasteiger partial charge in [-0.3, -0.25) is 9.59 Å². The number of piperazine rings is 1. The number of hydrogen-bond acceptors (Lipinski definition) is 5. The first-order valence-electron chi connectivity index (χ1n) is 9.22. The van der Waals surface area contributed by atoms with Crippen LogP contribution in [0.25, 0.3) is 0 Å². The van der Waals surface area contributed by atoms with Crippen LogP contribution in [0.3, 0.4) is 0 Å². The monoisotopic (exact) mass is 383 g/mol. The Morgan fingerprint density at radius 1 is 1.00 bits per heavy atom. The predicted octanol–water partition coefficient (Wildman–Crippen LogP) is 1.45. The SMILES string of the molecule is COc1ccccc1N1CCN(C(=O)COc2ccc(CC(N)=O)cc2)CC1. The fourth-order valence-corrected chi connectivity index (χ4v) is 3.23. The van der Waals surface area contributed by atoms with Gasteiger partial charge in [0.05, 0.1) is 19.2 Å². The number of nitrogens with two attached hydrogens (primary N) is 1. The Balaban J connectivity index is 1.48. The van der Waals surface area contributed by atoms with Crippen LogP contribution < -0.4 is 20.1 Å². The third-order valence-corrected chi connectivity index (χ3v) is 4.72. The number of methoxy groups -OCH3 is 1. The van der Waals surface area contributed by atoms with Gasteiger partial charge in [-0.15, -0.1) is 0 Å². The van der Waals surface area contributed by atoms with Crippen LogP contribution in [0.5, 0.6) is 11.5 Å². The van der Waals surface area contributed by atoms with Crippen LogP contribution >= 0.6 is 0 Å². The molecule has 2 N–H and O–H groups in total. The lowest BCUT2D eigenvalue weighted by molar-refractivity contribution is -0.133. The quantitative estimate of drug-likeness (QED) is 0.782. The molecule has 1 aliphatic rings. The number of amides is 2. The van der Waals surface area contributed by atoms with Crippen LogP contribution in [-0.4, -0.2) is 56.6 Å². The molecule has 0 bridgehead atoms. The summed E-state index contributed by atoms with van der Waals surface area (Å²) in [5.74, 6) is 1.01. The Labute approximate surface area is 164 Å². The average Bonchev–Trinajstić information content (AvgIpc) is 2.72. The third kappa shape index (κ3) is 4.94.